The van der Waals surface area contributed by atoms with Crippen molar-refractivity contribution < 1.29 is 5.11 Å². The zero-order valence-corrected chi connectivity index (χ0v) is 18.7. The second kappa shape index (κ2) is 7.92. The summed E-state index contributed by atoms with van der Waals surface area (Å²) in [5.74, 6) is 0. The molecule has 5 aromatic rings. The SMILES string of the molecule is Cc1csc(C(C)(O)c2nnc(Cc3ccn(Cc4nccc5ccccc45)n3)s2)n1. The Kier molecular flexibility index (Phi) is 5.09. The van der Waals surface area contributed by atoms with Crippen molar-refractivity contribution in [1.29, 1.82) is 0 Å². The van der Waals surface area contributed by atoms with Crippen LogP contribution < -0.4 is 0 Å². The molecule has 0 saturated heterocycles. The minimum Gasteiger partial charge on any atom is -0.376 e. The molecular weight excluding hydrogens is 428 g/mol. The van der Waals surface area contributed by atoms with Crippen LogP contribution in [-0.4, -0.2) is 35.1 Å². The van der Waals surface area contributed by atoms with Gasteiger partial charge in [0.2, 0.25) is 0 Å². The number of hydrogen-bond acceptors (Lipinski definition) is 8. The maximum atomic E-state index is 10.9. The third kappa shape index (κ3) is 3.99. The summed E-state index contributed by atoms with van der Waals surface area (Å²) >= 11 is 2.81. The van der Waals surface area contributed by atoms with Gasteiger partial charge in [0.15, 0.2) is 10.6 Å². The maximum Gasteiger partial charge on any atom is 0.166 e. The Labute approximate surface area is 187 Å². The fourth-order valence-electron chi connectivity index (χ4n) is 3.39. The van der Waals surface area contributed by atoms with Crippen LogP contribution in [0.5, 0.6) is 0 Å². The lowest BCUT2D eigenvalue weighted by Gasteiger charge is -2.16. The average Bonchev–Trinajstić information content (AvgIpc) is 3.51. The molecule has 1 aromatic carbocycles. The van der Waals surface area contributed by atoms with Gasteiger partial charge in [-0.1, -0.05) is 35.6 Å². The third-order valence-corrected chi connectivity index (χ3v) is 7.32. The monoisotopic (exact) mass is 448 g/mol. The van der Waals surface area contributed by atoms with Crippen molar-refractivity contribution in [2.45, 2.75) is 32.4 Å². The number of aryl methyl sites for hydroxylation is 1. The van der Waals surface area contributed by atoms with Crippen LogP contribution in [0.1, 0.15) is 39.0 Å². The Morgan fingerprint density at radius 1 is 1.10 bits per heavy atom. The van der Waals surface area contributed by atoms with E-state index in [2.05, 4.69) is 37.4 Å². The van der Waals surface area contributed by atoms with E-state index in [1.165, 1.54) is 28.1 Å². The second-order valence-corrected chi connectivity index (χ2v) is 9.45. The summed E-state index contributed by atoms with van der Waals surface area (Å²) in [6.07, 6.45) is 4.34. The molecular formula is C22H20N6OS2. The first-order valence-corrected chi connectivity index (χ1v) is 11.5. The molecule has 0 aliphatic carbocycles. The highest BCUT2D eigenvalue weighted by molar-refractivity contribution is 7.12. The van der Waals surface area contributed by atoms with Gasteiger partial charge in [-0.3, -0.25) is 9.67 Å². The molecule has 4 heterocycles. The van der Waals surface area contributed by atoms with Crippen molar-refractivity contribution in [2.24, 2.45) is 0 Å². The molecule has 0 radical (unpaired) electrons. The lowest BCUT2D eigenvalue weighted by molar-refractivity contribution is 0.101. The number of nitrogens with zero attached hydrogens (tertiary/aromatic N) is 6. The number of rotatable bonds is 6. The average molecular weight is 449 g/mol. The Morgan fingerprint density at radius 2 is 1.97 bits per heavy atom. The minimum absolute atomic E-state index is 0.538. The van der Waals surface area contributed by atoms with Crippen molar-refractivity contribution in [3.8, 4) is 0 Å². The van der Waals surface area contributed by atoms with Crippen LogP contribution in [0.3, 0.4) is 0 Å². The van der Waals surface area contributed by atoms with Gasteiger partial charge < -0.3 is 5.11 Å². The van der Waals surface area contributed by atoms with Crippen molar-refractivity contribution in [1.82, 2.24) is 29.9 Å². The van der Waals surface area contributed by atoms with E-state index in [4.69, 9.17) is 0 Å². The fourth-order valence-corrected chi connectivity index (χ4v) is 5.22. The molecule has 0 saturated carbocycles. The number of aliphatic hydroxyl groups is 1. The van der Waals surface area contributed by atoms with Crippen molar-refractivity contribution in [3.63, 3.8) is 0 Å². The summed E-state index contributed by atoms with van der Waals surface area (Å²) < 4.78 is 1.89. The van der Waals surface area contributed by atoms with E-state index in [1.807, 2.05) is 53.6 Å². The summed E-state index contributed by atoms with van der Waals surface area (Å²) in [5.41, 5.74) is 1.53. The van der Waals surface area contributed by atoms with Gasteiger partial charge in [0.05, 0.1) is 17.9 Å². The number of thiazole rings is 1. The first-order valence-electron chi connectivity index (χ1n) is 9.82. The van der Waals surface area contributed by atoms with Gasteiger partial charge in [-0.25, -0.2) is 4.98 Å². The summed E-state index contributed by atoms with van der Waals surface area (Å²) in [6, 6.07) is 12.2. The van der Waals surface area contributed by atoms with E-state index in [0.717, 1.165) is 27.5 Å². The fraction of sp³-hybridized carbons (Fsp3) is 0.227. The molecule has 0 spiro atoms. The molecule has 7 nitrogen and oxygen atoms in total. The molecule has 156 valence electrons. The molecule has 0 aliphatic rings. The van der Waals surface area contributed by atoms with E-state index < -0.39 is 5.60 Å². The van der Waals surface area contributed by atoms with Gasteiger partial charge in [-0.2, -0.15) is 5.10 Å². The Balaban J connectivity index is 1.32. The molecule has 5 rings (SSSR count). The van der Waals surface area contributed by atoms with Gasteiger partial charge in [0.1, 0.15) is 10.0 Å². The first kappa shape index (κ1) is 19.9. The summed E-state index contributed by atoms with van der Waals surface area (Å²) in [5, 5.41) is 30.3. The van der Waals surface area contributed by atoms with Gasteiger partial charge >= 0.3 is 0 Å². The molecule has 0 fully saturated rings. The summed E-state index contributed by atoms with van der Waals surface area (Å²) in [6.45, 7) is 4.22. The first-order chi connectivity index (χ1) is 15.0. The zero-order chi connectivity index (χ0) is 21.4. The number of fused-ring (bicyclic) bond motifs is 1. The van der Waals surface area contributed by atoms with Crippen molar-refractivity contribution in [3.05, 3.63) is 86.3 Å². The molecule has 4 aromatic heterocycles. The normalized spacial score (nSPS) is 13.5. The summed E-state index contributed by atoms with van der Waals surface area (Å²) in [4.78, 5) is 8.95. The topological polar surface area (TPSA) is 89.6 Å². The van der Waals surface area contributed by atoms with Gasteiger partial charge in [-0.05, 0) is 31.4 Å². The molecule has 0 amide bonds. The Hall–Kier alpha value is -3.01. The molecule has 1 atom stereocenters. The predicted molar refractivity (Wildman–Crippen MR) is 121 cm³/mol. The highest BCUT2D eigenvalue weighted by Gasteiger charge is 2.33. The minimum atomic E-state index is -1.24. The molecule has 31 heavy (non-hydrogen) atoms. The highest BCUT2D eigenvalue weighted by Crippen LogP contribution is 2.33. The van der Waals surface area contributed by atoms with Crippen LogP contribution in [0.4, 0.5) is 0 Å². The maximum absolute atomic E-state index is 10.9. The number of aromatic nitrogens is 6. The number of pyridine rings is 1. The molecule has 0 aliphatic heterocycles. The third-order valence-electron chi connectivity index (χ3n) is 5.01. The molecule has 1 N–H and O–H groups in total. The lowest BCUT2D eigenvalue weighted by Crippen LogP contribution is -2.22. The van der Waals surface area contributed by atoms with Gasteiger partial charge in [-0.15, -0.1) is 21.5 Å². The van der Waals surface area contributed by atoms with E-state index in [1.54, 1.807) is 6.92 Å². The van der Waals surface area contributed by atoms with Gasteiger partial charge in [0.25, 0.3) is 0 Å². The van der Waals surface area contributed by atoms with Crippen molar-refractivity contribution >= 4 is 33.4 Å². The Bertz CT molecular complexity index is 1350. The summed E-state index contributed by atoms with van der Waals surface area (Å²) in [7, 11) is 0. The number of benzene rings is 1. The van der Waals surface area contributed by atoms with Crippen LogP contribution in [0.15, 0.2) is 54.2 Å². The smallest absolute Gasteiger partial charge is 0.166 e. The Morgan fingerprint density at radius 3 is 2.81 bits per heavy atom. The number of hydrogen-bond donors (Lipinski definition) is 1. The van der Waals surface area contributed by atoms with E-state index in [-0.39, 0.29) is 0 Å². The molecule has 0 bridgehead atoms. The van der Waals surface area contributed by atoms with Crippen molar-refractivity contribution in [2.75, 3.05) is 0 Å². The van der Waals surface area contributed by atoms with Crippen LogP contribution in [0, 0.1) is 6.92 Å². The highest BCUT2D eigenvalue weighted by atomic mass is 32.1. The van der Waals surface area contributed by atoms with E-state index in [9.17, 15) is 5.11 Å². The van der Waals surface area contributed by atoms with Crippen LogP contribution in [-0.2, 0) is 18.6 Å². The van der Waals surface area contributed by atoms with Gasteiger partial charge in [0, 0.05) is 35.3 Å². The quantitative estimate of drug-likeness (QED) is 0.423. The van der Waals surface area contributed by atoms with Crippen LogP contribution in [0.25, 0.3) is 10.8 Å². The largest absolute Gasteiger partial charge is 0.376 e. The van der Waals surface area contributed by atoms with Crippen LogP contribution >= 0.6 is 22.7 Å². The molecule has 1 unspecified atom stereocenters. The predicted octanol–water partition coefficient (Wildman–Crippen LogP) is 3.94. The lowest BCUT2D eigenvalue weighted by atomic mass is 10.1. The van der Waals surface area contributed by atoms with E-state index >= 15 is 0 Å². The standard InChI is InChI=1S/C22H20N6OS2/c1-14-13-30-20(24-14)22(2,29)21-26-25-19(31-21)11-16-8-10-28(27-16)12-18-17-6-4-3-5-15(17)7-9-23-18/h3-10,13,29H,11-12H2,1-2H3. The molecule has 9 heteroatoms. The van der Waals surface area contributed by atoms with Crippen LogP contribution in [0.2, 0.25) is 0 Å². The second-order valence-electron chi connectivity index (χ2n) is 7.53. The van der Waals surface area contributed by atoms with E-state index in [0.29, 0.717) is 23.0 Å². The zero-order valence-electron chi connectivity index (χ0n) is 17.1.